The number of pyridine rings is 1. The number of H-pyrrole nitrogens is 1. The highest BCUT2D eigenvalue weighted by molar-refractivity contribution is 5.92. The van der Waals surface area contributed by atoms with Gasteiger partial charge in [0.15, 0.2) is 5.82 Å². The van der Waals surface area contributed by atoms with Crippen molar-refractivity contribution in [2.24, 2.45) is 5.92 Å². The summed E-state index contributed by atoms with van der Waals surface area (Å²) in [6, 6.07) is 5.49. The van der Waals surface area contributed by atoms with E-state index in [2.05, 4.69) is 25.5 Å². The Bertz CT molecular complexity index is 609. The van der Waals surface area contributed by atoms with Crippen molar-refractivity contribution in [3.05, 3.63) is 24.4 Å². The van der Waals surface area contributed by atoms with E-state index in [-0.39, 0.29) is 5.91 Å². The minimum absolute atomic E-state index is 0.237. The third-order valence-electron chi connectivity index (χ3n) is 3.28. The van der Waals surface area contributed by atoms with Gasteiger partial charge in [0, 0.05) is 6.20 Å². The standard InChI is InChI=1S/C14H17N5O2/c1-9(21-8-10-5-6-10)13(20)17-14-16-12(18-19-14)11-4-2-3-7-15-11/h2-4,7,9-10H,5-6,8H2,1H3,(H2,16,17,18,19,20). The van der Waals surface area contributed by atoms with E-state index in [1.807, 2.05) is 18.2 Å². The molecule has 1 saturated carbocycles. The van der Waals surface area contributed by atoms with Gasteiger partial charge in [0.05, 0.1) is 6.61 Å². The van der Waals surface area contributed by atoms with Crippen LogP contribution < -0.4 is 5.32 Å². The van der Waals surface area contributed by atoms with Crippen molar-refractivity contribution >= 4 is 11.9 Å². The number of hydrogen-bond donors (Lipinski definition) is 2. The number of carbonyl (C=O) groups is 1. The van der Waals surface area contributed by atoms with E-state index in [4.69, 9.17) is 4.74 Å². The van der Waals surface area contributed by atoms with E-state index in [0.717, 1.165) is 0 Å². The van der Waals surface area contributed by atoms with Gasteiger partial charge in [-0.05, 0) is 37.8 Å². The number of amides is 1. The highest BCUT2D eigenvalue weighted by Gasteiger charge is 2.24. The molecule has 2 aromatic rings. The highest BCUT2D eigenvalue weighted by atomic mass is 16.5. The Morgan fingerprint density at radius 1 is 1.48 bits per heavy atom. The molecule has 7 heteroatoms. The predicted octanol–water partition coefficient (Wildman–Crippen LogP) is 1.62. The number of anilines is 1. The number of ether oxygens (including phenoxy) is 1. The van der Waals surface area contributed by atoms with Crippen LogP contribution in [0.25, 0.3) is 11.5 Å². The maximum atomic E-state index is 12.0. The summed E-state index contributed by atoms with van der Waals surface area (Å²) < 4.78 is 5.50. The minimum Gasteiger partial charge on any atom is -0.368 e. The molecule has 0 spiro atoms. The van der Waals surface area contributed by atoms with Gasteiger partial charge in [-0.15, -0.1) is 10.2 Å². The van der Waals surface area contributed by atoms with Crippen molar-refractivity contribution in [2.75, 3.05) is 11.9 Å². The molecule has 1 fully saturated rings. The lowest BCUT2D eigenvalue weighted by molar-refractivity contribution is -0.126. The smallest absolute Gasteiger partial charge is 0.255 e. The van der Waals surface area contributed by atoms with Gasteiger partial charge in [0.2, 0.25) is 5.95 Å². The molecule has 2 heterocycles. The first-order valence-corrected chi connectivity index (χ1v) is 6.99. The van der Waals surface area contributed by atoms with Gasteiger partial charge >= 0.3 is 0 Å². The Morgan fingerprint density at radius 2 is 2.33 bits per heavy atom. The van der Waals surface area contributed by atoms with Gasteiger partial charge in [0.25, 0.3) is 5.91 Å². The van der Waals surface area contributed by atoms with Crippen molar-refractivity contribution in [1.29, 1.82) is 0 Å². The number of rotatable bonds is 6. The Balaban J connectivity index is 1.57. The quantitative estimate of drug-likeness (QED) is 0.842. The molecule has 0 bridgehead atoms. The minimum atomic E-state index is -0.506. The summed E-state index contributed by atoms with van der Waals surface area (Å²) in [5.74, 6) is 1.20. The van der Waals surface area contributed by atoms with Crippen molar-refractivity contribution in [3.63, 3.8) is 0 Å². The van der Waals surface area contributed by atoms with Gasteiger partial charge < -0.3 is 9.72 Å². The largest absolute Gasteiger partial charge is 0.368 e. The predicted molar refractivity (Wildman–Crippen MR) is 76.4 cm³/mol. The lowest BCUT2D eigenvalue weighted by Gasteiger charge is -2.11. The molecule has 3 rings (SSSR count). The maximum absolute atomic E-state index is 12.0. The third-order valence-corrected chi connectivity index (χ3v) is 3.28. The number of carbonyl (C=O) groups excluding carboxylic acids is 1. The number of aromatic amines is 1. The van der Waals surface area contributed by atoms with E-state index in [0.29, 0.717) is 30.0 Å². The first-order valence-electron chi connectivity index (χ1n) is 6.99. The van der Waals surface area contributed by atoms with Gasteiger partial charge in [-0.3, -0.25) is 15.1 Å². The molecule has 0 aromatic carbocycles. The molecule has 1 aliphatic carbocycles. The molecule has 1 atom stereocenters. The van der Waals surface area contributed by atoms with Crippen LogP contribution in [-0.4, -0.2) is 38.8 Å². The van der Waals surface area contributed by atoms with Crippen molar-refractivity contribution < 1.29 is 9.53 Å². The second kappa shape index (κ2) is 6.01. The lowest BCUT2D eigenvalue weighted by Crippen LogP contribution is -2.28. The summed E-state index contributed by atoms with van der Waals surface area (Å²) in [4.78, 5) is 19.0. The van der Waals surface area contributed by atoms with Crippen LogP contribution in [0.15, 0.2) is 24.4 Å². The molecule has 1 aliphatic rings. The number of aromatic nitrogens is 4. The average molecular weight is 287 g/mol. The summed E-state index contributed by atoms with van der Waals surface area (Å²) in [5, 5.41) is 10.5. The Kier molecular flexibility index (Phi) is 3.92. The first kappa shape index (κ1) is 13.7. The molecule has 0 saturated heterocycles. The molecule has 2 N–H and O–H groups in total. The SMILES string of the molecule is CC(OCC1CC1)C(=O)Nc1nnc(-c2ccccn2)[nH]1. The third kappa shape index (κ3) is 3.63. The van der Waals surface area contributed by atoms with Crippen molar-refractivity contribution in [3.8, 4) is 11.5 Å². The summed E-state index contributed by atoms with van der Waals surface area (Å²) in [6.07, 6.45) is 3.56. The van der Waals surface area contributed by atoms with E-state index in [9.17, 15) is 4.79 Å². The fourth-order valence-electron chi connectivity index (χ4n) is 1.80. The van der Waals surface area contributed by atoms with Crippen molar-refractivity contribution in [1.82, 2.24) is 20.2 Å². The van der Waals surface area contributed by atoms with Crippen LogP contribution in [-0.2, 0) is 9.53 Å². The fraction of sp³-hybridized carbons (Fsp3) is 0.429. The molecular weight excluding hydrogens is 270 g/mol. The van der Waals surface area contributed by atoms with Crippen LogP contribution in [0.2, 0.25) is 0 Å². The fourth-order valence-corrected chi connectivity index (χ4v) is 1.80. The van der Waals surface area contributed by atoms with Crippen LogP contribution in [0.4, 0.5) is 5.95 Å². The number of hydrogen-bond acceptors (Lipinski definition) is 5. The Hall–Kier alpha value is -2.28. The molecule has 2 aromatic heterocycles. The summed E-state index contributed by atoms with van der Waals surface area (Å²) in [5.41, 5.74) is 0.670. The number of nitrogens with zero attached hydrogens (tertiary/aromatic N) is 3. The van der Waals surface area contributed by atoms with Gasteiger partial charge in [0.1, 0.15) is 11.8 Å². The number of nitrogens with one attached hydrogen (secondary N) is 2. The molecule has 110 valence electrons. The molecule has 21 heavy (non-hydrogen) atoms. The van der Waals surface area contributed by atoms with E-state index < -0.39 is 6.10 Å². The highest BCUT2D eigenvalue weighted by Crippen LogP contribution is 2.29. The Morgan fingerprint density at radius 3 is 3.05 bits per heavy atom. The zero-order chi connectivity index (χ0) is 14.7. The van der Waals surface area contributed by atoms with E-state index >= 15 is 0 Å². The topological polar surface area (TPSA) is 92.8 Å². The molecule has 0 aliphatic heterocycles. The zero-order valence-corrected chi connectivity index (χ0v) is 11.7. The van der Waals surface area contributed by atoms with E-state index in [1.165, 1.54) is 12.8 Å². The second-order valence-corrected chi connectivity index (χ2v) is 5.15. The summed E-state index contributed by atoms with van der Waals surface area (Å²) >= 11 is 0. The van der Waals surface area contributed by atoms with Crippen LogP contribution in [0.3, 0.4) is 0 Å². The Labute approximate surface area is 122 Å². The van der Waals surface area contributed by atoms with Crippen LogP contribution >= 0.6 is 0 Å². The maximum Gasteiger partial charge on any atom is 0.255 e. The zero-order valence-electron chi connectivity index (χ0n) is 11.7. The summed E-state index contributed by atoms with van der Waals surface area (Å²) in [7, 11) is 0. The van der Waals surface area contributed by atoms with Crippen LogP contribution in [0.1, 0.15) is 19.8 Å². The van der Waals surface area contributed by atoms with Crippen molar-refractivity contribution in [2.45, 2.75) is 25.9 Å². The van der Waals surface area contributed by atoms with E-state index in [1.54, 1.807) is 13.1 Å². The van der Waals surface area contributed by atoms with Gasteiger partial charge in [-0.1, -0.05) is 6.07 Å². The normalized spacial score (nSPS) is 15.7. The molecule has 7 nitrogen and oxygen atoms in total. The molecular formula is C14H17N5O2. The summed E-state index contributed by atoms with van der Waals surface area (Å²) in [6.45, 7) is 2.37. The lowest BCUT2D eigenvalue weighted by atomic mass is 10.3. The average Bonchev–Trinajstić information content (AvgIpc) is 3.23. The molecule has 1 amide bonds. The monoisotopic (exact) mass is 287 g/mol. The van der Waals surface area contributed by atoms with Gasteiger partial charge in [-0.25, -0.2) is 0 Å². The van der Waals surface area contributed by atoms with Crippen LogP contribution in [0.5, 0.6) is 0 Å². The molecule has 1 unspecified atom stereocenters. The van der Waals surface area contributed by atoms with Crippen LogP contribution in [0, 0.1) is 5.92 Å². The second-order valence-electron chi connectivity index (χ2n) is 5.15. The first-order chi connectivity index (χ1) is 10.2. The van der Waals surface area contributed by atoms with Gasteiger partial charge in [-0.2, -0.15) is 0 Å². The molecule has 0 radical (unpaired) electrons.